The highest BCUT2D eigenvalue weighted by Gasteiger charge is 2.32. The number of Topliss-reactive ketones (excluding diaryl/α,β-unsaturated/α-hetero) is 1. The Morgan fingerprint density at radius 2 is 2.56 bits per heavy atom. The Morgan fingerprint density at radius 1 is 2.00 bits per heavy atom. The average molecular weight is 122 g/mol. The van der Waals surface area contributed by atoms with Crippen LogP contribution >= 0.6 is 0 Å². The van der Waals surface area contributed by atoms with Gasteiger partial charge in [-0.25, -0.2) is 0 Å². The maximum Gasteiger partial charge on any atom is 0.350 e. The van der Waals surface area contributed by atoms with Gasteiger partial charge in [0.05, 0.1) is 0 Å². The van der Waals surface area contributed by atoms with Crippen molar-refractivity contribution in [2.24, 2.45) is 0 Å². The molecule has 0 spiro atoms. The summed E-state index contributed by atoms with van der Waals surface area (Å²) in [7, 11) is 0. The Morgan fingerprint density at radius 3 is 2.67 bits per heavy atom. The maximum absolute atomic E-state index is 10.6. The second kappa shape index (κ2) is 2.02. The predicted octanol–water partition coefficient (Wildman–Crippen LogP) is 1.24. The van der Waals surface area contributed by atoms with E-state index in [1.165, 1.54) is 6.92 Å². The molecule has 2 heteroatoms. The zero-order valence-corrected chi connectivity index (χ0v) is 5.29. The first-order valence-corrected chi connectivity index (χ1v) is 2.85. The Balaban J connectivity index is 2.62. The van der Waals surface area contributed by atoms with Gasteiger partial charge in [0.1, 0.15) is 0 Å². The Hall–Kier alpha value is -1.10. The van der Waals surface area contributed by atoms with Gasteiger partial charge < -0.3 is 0 Å². The summed E-state index contributed by atoms with van der Waals surface area (Å²) < 4.78 is 0. The predicted molar refractivity (Wildman–Crippen MR) is 35.5 cm³/mol. The highest BCUT2D eigenvalue weighted by Crippen LogP contribution is 2.25. The molecule has 0 aromatic heterocycles. The number of hydrogen-bond acceptors (Lipinski definition) is 1. The van der Waals surface area contributed by atoms with Crippen LogP contribution in [0.25, 0.3) is 4.85 Å². The molecule has 9 heavy (non-hydrogen) atoms. The van der Waals surface area contributed by atoms with Crippen molar-refractivity contribution < 1.29 is 4.79 Å². The van der Waals surface area contributed by atoms with Gasteiger partial charge in [-0.05, 0) is 6.42 Å². The summed E-state index contributed by atoms with van der Waals surface area (Å²) in [6.07, 6.45) is 2.87. The highest BCUT2D eigenvalue weighted by molar-refractivity contribution is 5.87. The van der Waals surface area contributed by atoms with Gasteiger partial charge in [0.2, 0.25) is 5.78 Å². The molecule has 1 aliphatic carbocycles. The van der Waals surface area contributed by atoms with Crippen molar-refractivity contribution in [2.45, 2.75) is 19.4 Å². The molecule has 2 nitrogen and oxygen atoms in total. The topological polar surface area (TPSA) is 21.4 Å². The molecule has 1 unspecified atom stereocenters. The van der Waals surface area contributed by atoms with Crippen LogP contribution in [0.5, 0.6) is 0 Å². The first-order valence-electron chi connectivity index (χ1n) is 2.85. The van der Waals surface area contributed by atoms with E-state index in [9.17, 15) is 4.79 Å². The summed E-state index contributed by atoms with van der Waals surface area (Å²) in [4.78, 5) is 14.1. The third-order valence-corrected chi connectivity index (χ3v) is 1.33. The monoisotopic (exact) mass is 122 g/mol. The first kappa shape index (κ1) is 6.03. The zero-order valence-electron chi connectivity index (χ0n) is 5.29. The van der Waals surface area contributed by atoms with E-state index >= 15 is 0 Å². The third-order valence-electron chi connectivity index (χ3n) is 1.33. The van der Waals surface area contributed by atoms with Crippen molar-refractivity contribution in [1.29, 1.82) is 0 Å². The Bertz CT molecular complexity index is 207. The summed E-state index contributed by atoms with van der Waals surface area (Å²) in [5.74, 6) is 0.0289. The smallest absolute Gasteiger partial charge is 0.291 e. The van der Waals surface area contributed by atoms with Crippen LogP contribution in [0, 0.1) is 6.57 Å². The van der Waals surface area contributed by atoms with Crippen LogP contribution in [0.15, 0.2) is 11.6 Å². The Kier molecular flexibility index (Phi) is 1.35. The molecule has 0 aromatic carbocycles. The van der Waals surface area contributed by atoms with Crippen LogP contribution in [0.3, 0.4) is 0 Å². The van der Waals surface area contributed by atoms with E-state index in [4.69, 9.17) is 6.57 Å². The average Bonchev–Trinajstić information content (AvgIpc) is 2.50. The van der Waals surface area contributed by atoms with Gasteiger partial charge in [0.25, 0.3) is 6.57 Å². The lowest BCUT2D eigenvalue weighted by Gasteiger charge is -1.85. The molecule has 1 atom stereocenters. The molecule has 0 aliphatic heterocycles. The van der Waals surface area contributed by atoms with Crippen molar-refractivity contribution in [3.63, 3.8) is 0 Å². The molecule has 0 amide bonds. The lowest BCUT2D eigenvalue weighted by atomic mass is 10.2. The van der Waals surface area contributed by atoms with Crippen molar-refractivity contribution in [2.75, 3.05) is 0 Å². The Labute approximate surface area is 54.0 Å². The minimum atomic E-state index is -0.343. The number of nitrogens with zero attached hydrogens (tertiary/aromatic N) is 1. The fourth-order valence-electron chi connectivity index (χ4n) is 0.744. The van der Waals surface area contributed by atoms with E-state index < -0.39 is 0 Å². The van der Waals surface area contributed by atoms with Crippen molar-refractivity contribution in [1.82, 2.24) is 0 Å². The number of rotatable bonds is 2. The minimum absolute atomic E-state index is 0.0289. The van der Waals surface area contributed by atoms with Gasteiger partial charge in [-0.15, -0.1) is 0 Å². The molecule has 46 valence electrons. The second-order valence-corrected chi connectivity index (χ2v) is 2.15. The lowest BCUT2D eigenvalue weighted by molar-refractivity contribution is -0.116. The summed E-state index contributed by atoms with van der Waals surface area (Å²) in [5, 5.41) is 0. The largest absolute Gasteiger partial charge is 0.350 e. The van der Waals surface area contributed by atoms with Gasteiger partial charge >= 0.3 is 6.04 Å². The van der Waals surface area contributed by atoms with E-state index in [1.54, 1.807) is 0 Å². The molecule has 0 fully saturated rings. The van der Waals surface area contributed by atoms with Crippen molar-refractivity contribution in [3.05, 3.63) is 16.5 Å². The molecule has 0 saturated heterocycles. The van der Waals surface area contributed by atoms with Gasteiger partial charge in [-0.2, -0.15) is 0 Å². The van der Waals surface area contributed by atoms with Crippen LogP contribution in [0.2, 0.25) is 0 Å². The van der Waals surface area contributed by atoms with Gasteiger partial charge in [-0.1, -0.05) is 10.9 Å². The number of carbonyl (C=O) groups excluding carboxylic acids is 1. The van der Waals surface area contributed by atoms with Gasteiger partial charge in [-0.3, -0.25) is 4.79 Å². The fraction of sp³-hybridized carbons (Fsp3) is 0.429. The summed E-state index contributed by atoms with van der Waals surface area (Å²) in [6.45, 7) is 6.48. The van der Waals surface area contributed by atoms with Crippen molar-refractivity contribution >= 4 is 5.78 Å². The van der Waals surface area contributed by atoms with Gasteiger partial charge in [0, 0.05) is 12.5 Å². The number of ketones is 1. The number of allylic oxidation sites excluding steroid dienone is 1. The van der Waals surface area contributed by atoms with Crippen molar-refractivity contribution in [3.8, 4) is 6.57 Å². The molecule has 0 heterocycles. The second-order valence-electron chi connectivity index (χ2n) is 2.15. The van der Waals surface area contributed by atoms with Gasteiger partial charge in [0.15, 0.2) is 0 Å². The fourth-order valence-corrected chi connectivity index (χ4v) is 0.744. The molecule has 0 radical (unpaired) electrons. The molecular weight excluding hydrogens is 114 g/mol. The molecule has 0 bridgehead atoms. The normalized spacial score (nSPS) is 17.6. The number of hydrogen-bond donors (Lipinski definition) is 0. The lowest BCUT2D eigenvalue weighted by Crippen LogP contribution is -2.10. The van der Waals surface area contributed by atoms with E-state index in [1.807, 2.05) is 6.08 Å². The van der Waals surface area contributed by atoms with E-state index in [2.05, 4.69) is 4.85 Å². The molecule has 1 aliphatic rings. The molecule has 1 rings (SSSR count). The zero-order chi connectivity index (χ0) is 6.85. The standard InChI is InChI=1S/C7H8NO/c1-5(9)7(8-2)6-3-4-6/h2-3,7H,4H2,1H3/q+1. The molecule has 0 N–H and O–H groups in total. The highest BCUT2D eigenvalue weighted by atomic mass is 16.1. The minimum Gasteiger partial charge on any atom is -0.291 e. The molecular formula is C7H8NO+. The quantitative estimate of drug-likeness (QED) is 0.505. The molecule has 0 aromatic rings. The summed E-state index contributed by atoms with van der Waals surface area (Å²) in [6, 6.07) is -0.343. The van der Waals surface area contributed by atoms with E-state index in [-0.39, 0.29) is 11.8 Å². The van der Waals surface area contributed by atoms with E-state index in [0.29, 0.717) is 0 Å². The van der Waals surface area contributed by atoms with Crippen LogP contribution in [0.1, 0.15) is 13.3 Å². The maximum atomic E-state index is 10.6. The summed E-state index contributed by atoms with van der Waals surface area (Å²) in [5.41, 5.74) is 1.06. The van der Waals surface area contributed by atoms with Crippen LogP contribution < -0.4 is 0 Å². The van der Waals surface area contributed by atoms with E-state index in [0.717, 1.165) is 12.0 Å². The molecule has 0 saturated carbocycles. The SMILES string of the molecule is C#[N+]C(C(C)=O)C1=CC1. The van der Waals surface area contributed by atoms with Crippen LogP contribution in [0.4, 0.5) is 0 Å². The summed E-state index contributed by atoms with van der Waals surface area (Å²) >= 11 is 0. The van der Waals surface area contributed by atoms with Crippen LogP contribution in [-0.4, -0.2) is 11.8 Å². The third kappa shape index (κ3) is 1.17. The van der Waals surface area contributed by atoms with Crippen LogP contribution in [-0.2, 0) is 4.79 Å². The first-order chi connectivity index (χ1) is 4.25. The number of carbonyl (C=O) groups is 1.